The average Bonchev–Trinajstić information content (AvgIpc) is 2.87. The summed E-state index contributed by atoms with van der Waals surface area (Å²) in [6.07, 6.45) is 0.947. The summed E-state index contributed by atoms with van der Waals surface area (Å²) >= 11 is 5.77. The van der Waals surface area contributed by atoms with Gasteiger partial charge >= 0.3 is 0 Å². The van der Waals surface area contributed by atoms with Crippen LogP contribution in [0.2, 0.25) is 5.02 Å². The fourth-order valence-corrected chi connectivity index (χ4v) is 3.23. The number of carbonyl (C=O) groups is 1. The Kier molecular flexibility index (Phi) is 7.93. The predicted molar refractivity (Wildman–Crippen MR) is 98.0 cm³/mol. The number of rotatable bonds is 5. The van der Waals surface area contributed by atoms with Crippen LogP contribution in [0.4, 0.5) is 4.39 Å². The largest absolute Gasteiger partial charge is 0.354 e. The van der Waals surface area contributed by atoms with Gasteiger partial charge in [-0.25, -0.2) is 4.39 Å². The molecule has 1 aliphatic rings. The molecule has 1 aromatic carbocycles. The van der Waals surface area contributed by atoms with E-state index in [1.165, 1.54) is 6.07 Å². The fourth-order valence-electron chi connectivity index (χ4n) is 3.12. The molecule has 0 bridgehead atoms. The first-order chi connectivity index (χ1) is 10.8. The van der Waals surface area contributed by atoms with Gasteiger partial charge in [-0.1, -0.05) is 31.5 Å². The van der Waals surface area contributed by atoms with Crippen LogP contribution in [0.3, 0.4) is 0 Å². The maximum absolute atomic E-state index is 13.8. The van der Waals surface area contributed by atoms with Crippen molar-refractivity contribution in [1.82, 2.24) is 10.2 Å². The standard InChI is InChI=1S/C17H25ClFN3O.ClH/c1-10(2)15(20)17(23)21-9-12-6-7-22(3)16(12)11-4-5-13(18)14(19)8-11;/h4-5,8,10,12,15-16H,6-7,9,20H2,1-3H3,(H,21,23);1H/t12?,15-,16?;/m0./s1. The van der Waals surface area contributed by atoms with Gasteiger partial charge in [0.05, 0.1) is 11.1 Å². The molecule has 2 rings (SSSR count). The van der Waals surface area contributed by atoms with Crippen LogP contribution in [0.5, 0.6) is 0 Å². The van der Waals surface area contributed by atoms with Gasteiger partial charge in [0.15, 0.2) is 0 Å². The Bertz CT molecular complexity index is 571. The Morgan fingerprint density at radius 3 is 2.75 bits per heavy atom. The molecule has 1 fully saturated rings. The Labute approximate surface area is 154 Å². The second-order valence-corrected chi connectivity index (χ2v) is 7.07. The SMILES string of the molecule is CC(C)[C@H](N)C(=O)NCC1CCN(C)C1c1ccc(Cl)c(F)c1.Cl. The topological polar surface area (TPSA) is 58.4 Å². The number of likely N-dealkylation sites (tertiary alicyclic amines) is 1. The first-order valence-corrected chi connectivity index (χ1v) is 8.37. The molecular formula is C17H26Cl2FN3O. The molecule has 1 amide bonds. The number of nitrogens with two attached hydrogens (primary N) is 1. The van der Waals surface area contributed by atoms with Crippen molar-refractivity contribution in [3.8, 4) is 0 Å². The second-order valence-electron chi connectivity index (χ2n) is 6.66. The molecule has 0 saturated carbocycles. The van der Waals surface area contributed by atoms with E-state index in [2.05, 4.69) is 10.2 Å². The van der Waals surface area contributed by atoms with E-state index in [-0.39, 0.29) is 41.2 Å². The number of nitrogens with zero attached hydrogens (tertiary/aromatic N) is 1. The molecule has 24 heavy (non-hydrogen) atoms. The summed E-state index contributed by atoms with van der Waals surface area (Å²) in [7, 11) is 2.01. The van der Waals surface area contributed by atoms with Crippen molar-refractivity contribution in [2.75, 3.05) is 20.1 Å². The summed E-state index contributed by atoms with van der Waals surface area (Å²) in [6, 6.07) is 4.50. The van der Waals surface area contributed by atoms with Gasteiger partial charge in [0.1, 0.15) is 5.82 Å². The average molecular weight is 378 g/mol. The van der Waals surface area contributed by atoms with Crippen molar-refractivity contribution in [2.24, 2.45) is 17.6 Å². The van der Waals surface area contributed by atoms with E-state index in [0.29, 0.717) is 6.54 Å². The lowest BCUT2D eigenvalue weighted by Crippen LogP contribution is -2.45. The molecule has 0 spiro atoms. The molecule has 1 heterocycles. The predicted octanol–water partition coefficient (Wildman–Crippen LogP) is 2.99. The molecule has 3 N–H and O–H groups in total. The number of benzene rings is 1. The molecule has 1 aromatic rings. The van der Waals surface area contributed by atoms with Crippen LogP contribution in [0, 0.1) is 17.7 Å². The smallest absolute Gasteiger partial charge is 0.237 e. The number of carbonyl (C=O) groups excluding carboxylic acids is 1. The first kappa shape index (κ1) is 21.2. The summed E-state index contributed by atoms with van der Waals surface area (Å²) in [5.74, 6) is -0.212. The van der Waals surface area contributed by atoms with Crippen molar-refractivity contribution in [1.29, 1.82) is 0 Å². The Morgan fingerprint density at radius 2 is 2.17 bits per heavy atom. The molecular weight excluding hydrogens is 352 g/mol. The highest BCUT2D eigenvalue weighted by atomic mass is 35.5. The zero-order valence-corrected chi connectivity index (χ0v) is 15.8. The van der Waals surface area contributed by atoms with Gasteiger partial charge in [0, 0.05) is 12.6 Å². The maximum atomic E-state index is 13.8. The van der Waals surface area contributed by atoms with Crippen LogP contribution < -0.4 is 11.1 Å². The van der Waals surface area contributed by atoms with Crippen molar-refractivity contribution < 1.29 is 9.18 Å². The minimum atomic E-state index is -0.499. The fraction of sp³-hybridized carbons (Fsp3) is 0.588. The molecule has 0 aliphatic carbocycles. The van der Waals surface area contributed by atoms with E-state index in [0.717, 1.165) is 18.5 Å². The van der Waals surface area contributed by atoms with Crippen LogP contribution in [0.25, 0.3) is 0 Å². The Morgan fingerprint density at radius 1 is 1.50 bits per heavy atom. The number of amides is 1. The number of nitrogens with one attached hydrogen (secondary N) is 1. The van der Waals surface area contributed by atoms with Gasteiger partial charge in [-0.2, -0.15) is 0 Å². The lowest BCUT2D eigenvalue weighted by atomic mass is 9.93. The van der Waals surface area contributed by atoms with Gasteiger partial charge in [0.25, 0.3) is 0 Å². The molecule has 0 radical (unpaired) electrons. The summed E-state index contributed by atoms with van der Waals surface area (Å²) in [4.78, 5) is 14.2. The van der Waals surface area contributed by atoms with Crippen molar-refractivity contribution in [3.63, 3.8) is 0 Å². The van der Waals surface area contributed by atoms with Crippen LogP contribution >= 0.6 is 24.0 Å². The zero-order chi connectivity index (χ0) is 17.1. The Hall–Kier alpha value is -0.880. The van der Waals surface area contributed by atoms with Crippen LogP contribution in [-0.2, 0) is 4.79 Å². The van der Waals surface area contributed by atoms with E-state index in [4.69, 9.17) is 17.3 Å². The Balaban J connectivity index is 0.00000288. The van der Waals surface area contributed by atoms with Crippen molar-refractivity contribution >= 4 is 29.9 Å². The van der Waals surface area contributed by atoms with E-state index in [1.54, 1.807) is 6.07 Å². The maximum Gasteiger partial charge on any atom is 0.237 e. The highest BCUT2D eigenvalue weighted by Crippen LogP contribution is 2.36. The lowest BCUT2D eigenvalue weighted by molar-refractivity contribution is -0.123. The molecule has 0 aromatic heterocycles. The van der Waals surface area contributed by atoms with E-state index >= 15 is 0 Å². The zero-order valence-electron chi connectivity index (χ0n) is 14.3. The summed E-state index contributed by atoms with van der Waals surface area (Å²) < 4.78 is 13.8. The number of hydrogen-bond donors (Lipinski definition) is 2. The summed E-state index contributed by atoms with van der Waals surface area (Å²) in [5, 5.41) is 3.07. The van der Waals surface area contributed by atoms with Gasteiger partial charge in [-0.15, -0.1) is 12.4 Å². The highest BCUT2D eigenvalue weighted by Gasteiger charge is 2.33. The molecule has 7 heteroatoms. The minimum absolute atomic E-state index is 0. The van der Waals surface area contributed by atoms with Gasteiger partial charge in [-0.05, 0) is 49.5 Å². The molecule has 1 saturated heterocycles. The third-order valence-electron chi connectivity index (χ3n) is 4.62. The van der Waals surface area contributed by atoms with Crippen LogP contribution in [-0.4, -0.2) is 37.0 Å². The lowest BCUT2D eigenvalue weighted by Gasteiger charge is -2.26. The molecule has 4 nitrogen and oxygen atoms in total. The third kappa shape index (κ3) is 4.82. The second kappa shape index (κ2) is 8.99. The first-order valence-electron chi connectivity index (χ1n) is 7.99. The van der Waals surface area contributed by atoms with E-state index < -0.39 is 11.9 Å². The van der Waals surface area contributed by atoms with Crippen molar-refractivity contribution in [3.05, 3.63) is 34.6 Å². The van der Waals surface area contributed by atoms with E-state index in [1.807, 2.05) is 27.0 Å². The summed E-state index contributed by atoms with van der Waals surface area (Å²) in [6.45, 7) is 5.30. The van der Waals surface area contributed by atoms with Gasteiger partial charge < -0.3 is 11.1 Å². The molecule has 3 atom stereocenters. The molecule has 136 valence electrons. The van der Waals surface area contributed by atoms with E-state index in [9.17, 15) is 9.18 Å². The minimum Gasteiger partial charge on any atom is -0.354 e. The van der Waals surface area contributed by atoms with Crippen molar-refractivity contribution in [2.45, 2.75) is 32.4 Å². The van der Waals surface area contributed by atoms with Gasteiger partial charge in [0.2, 0.25) is 5.91 Å². The van der Waals surface area contributed by atoms with Crippen LogP contribution in [0.15, 0.2) is 18.2 Å². The quantitative estimate of drug-likeness (QED) is 0.828. The monoisotopic (exact) mass is 377 g/mol. The van der Waals surface area contributed by atoms with Gasteiger partial charge in [-0.3, -0.25) is 9.69 Å². The highest BCUT2D eigenvalue weighted by molar-refractivity contribution is 6.30. The number of halogens is 3. The molecule has 1 aliphatic heterocycles. The third-order valence-corrected chi connectivity index (χ3v) is 4.93. The van der Waals surface area contributed by atoms with Crippen LogP contribution in [0.1, 0.15) is 31.9 Å². The number of hydrogen-bond acceptors (Lipinski definition) is 3. The normalized spacial score (nSPS) is 22.3. The molecule has 2 unspecified atom stereocenters. The summed E-state index contributed by atoms with van der Waals surface area (Å²) in [5.41, 5.74) is 6.76.